The van der Waals surface area contributed by atoms with Crippen LogP contribution in [0.25, 0.3) is 0 Å². The lowest BCUT2D eigenvalue weighted by molar-refractivity contribution is 0.120. The van der Waals surface area contributed by atoms with Gasteiger partial charge in [-0.15, -0.1) is 0 Å². The summed E-state index contributed by atoms with van der Waals surface area (Å²) in [6.07, 6.45) is 10.4. The molecule has 0 aromatic carbocycles. The van der Waals surface area contributed by atoms with Crippen LogP contribution in [0.5, 0.6) is 0 Å². The molecule has 1 N–H and O–H groups in total. The summed E-state index contributed by atoms with van der Waals surface area (Å²) < 4.78 is 0. The topological polar surface area (TPSA) is 15.3 Å². The molecule has 2 unspecified atom stereocenters. The van der Waals surface area contributed by atoms with Gasteiger partial charge in [-0.05, 0) is 50.0 Å². The van der Waals surface area contributed by atoms with Crippen LogP contribution in [-0.2, 0) is 0 Å². The lowest BCUT2D eigenvalue weighted by Crippen LogP contribution is -2.45. The zero-order chi connectivity index (χ0) is 11.7. The second-order valence-electron chi connectivity index (χ2n) is 6.75. The van der Waals surface area contributed by atoms with E-state index in [0.717, 1.165) is 18.5 Å². The van der Waals surface area contributed by atoms with Gasteiger partial charge < -0.3 is 5.32 Å². The Bertz CT molecular complexity index is 258. The van der Waals surface area contributed by atoms with E-state index in [9.17, 15) is 0 Å². The fourth-order valence-electron chi connectivity index (χ4n) is 4.56. The van der Waals surface area contributed by atoms with E-state index >= 15 is 0 Å². The SMILES string of the molecule is CCNCC1(CN2CC3CCC2C3)CCCC1. The predicted octanol–water partition coefficient (Wildman–Crippen LogP) is 2.64. The molecule has 3 fully saturated rings. The average molecular weight is 236 g/mol. The Morgan fingerprint density at radius 2 is 2.06 bits per heavy atom. The van der Waals surface area contributed by atoms with Crippen molar-refractivity contribution in [2.24, 2.45) is 11.3 Å². The fourth-order valence-corrected chi connectivity index (χ4v) is 4.56. The van der Waals surface area contributed by atoms with Gasteiger partial charge in [-0.1, -0.05) is 19.8 Å². The maximum absolute atomic E-state index is 3.62. The predicted molar refractivity (Wildman–Crippen MR) is 72.1 cm³/mol. The van der Waals surface area contributed by atoms with Crippen molar-refractivity contribution in [1.82, 2.24) is 10.2 Å². The molecule has 2 atom stereocenters. The molecule has 0 aromatic rings. The van der Waals surface area contributed by atoms with Crippen LogP contribution in [0.2, 0.25) is 0 Å². The number of rotatable bonds is 5. The molecule has 0 amide bonds. The van der Waals surface area contributed by atoms with Gasteiger partial charge in [-0.2, -0.15) is 0 Å². The minimum absolute atomic E-state index is 0.625. The standard InChI is InChI=1S/C15H28N2/c1-2-16-11-15(7-3-4-8-15)12-17-10-13-5-6-14(17)9-13/h13-14,16H,2-12H2,1H3. The lowest BCUT2D eigenvalue weighted by atomic mass is 9.85. The summed E-state index contributed by atoms with van der Waals surface area (Å²) in [5, 5.41) is 3.62. The molecule has 3 aliphatic rings. The molecule has 1 heterocycles. The molecule has 2 nitrogen and oxygen atoms in total. The number of likely N-dealkylation sites (tertiary alicyclic amines) is 1. The van der Waals surface area contributed by atoms with Crippen molar-refractivity contribution >= 4 is 0 Å². The molecule has 17 heavy (non-hydrogen) atoms. The number of fused-ring (bicyclic) bond motifs is 2. The Hall–Kier alpha value is -0.0800. The fraction of sp³-hybridized carbons (Fsp3) is 1.00. The number of nitrogens with one attached hydrogen (secondary N) is 1. The summed E-state index contributed by atoms with van der Waals surface area (Å²) in [6.45, 7) is 7.44. The van der Waals surface area contributed by atoms with Crippen molar-refractivity contribution in [2.45, 2.75) is 57.9 Å². The molecule has 0 spiro atoms. The van der Waals surface area contributed by atoms with Crippen LogP contribution in [0.3, 0.4) is 0 Å². The van der Waals surface area contributed by atoms with E-state index in [1.54, 1.807) is 0 Å². The van der Waals surface area contributed by atoms with Gasteiger partial charge >= 0.3 is 0 Å². The number of piperidine rings is 1. The minimum Gasteiger partial charge on any atom is -0.316 e. The molecular formula is C15H28N2. The molecule has 2 saturated carbocycles. The highest BCUT2D eigenvalue weighted by Gasteiger charge is 2.42. The first-order valence-electron chi connectivity index (χ1n) is 7.76. The summed E-state index contributed by atoms with van der Waals surface area (Å²) in [5.74, 6) is 1.05. The summed E-state index contributed by atoms with van der Waals surface area (Å²) >= 11 is 0. The second-order valence-corrected chi connectivity index (χ2v) is 6.75. The molecule has 0 aromatic heterocycles. The zero-order valence-electron chi connectivity index (χ0n) is 11.4. The van der Waals surface area contributed by atoms with Crippen LogP contribution in [0, 0.1) is 11.3 Å². The molecule has 0 radical (unpaired) electrons. The van der Waals surface area contributed by atoms with Gasteiger partial charge in [0.15, 0.2) is 0 Å². The smallest absolute Gasteiger partial charge is 0.00988 e. The van der Waals surface area contributed by atoms with E-state index in [1.807, 2.05) is 0 Å². The van der Waals surface area contributed by atoms with Crippen LogP contribution >= 0.6 is 0 Å². The third-order valence-corrected chi connectivity index (χ3v) is 5.48. The summed E-state index contributed by atoms with van der Waals surface area (Å²) in [4.78, 5) is 2.84. The summed E-state index contributed by atoms with van der Waals surface area (Å²) in [5.41, 5.74) is 0.625. The highest BCUT2D eigenvalue weighted by atomic mass is 15.2. The summed E-state index contributed by atoms with van der Waals surface area (Å²) in [7, 11) is 0. The minimum atomic E-state index is 0.625. The van der Waals surface area contributed by atoms with Gasteiger partial charge in [0.1, 0.15) is 0 Å². The molecule has 1 saturated heterocycles. The maximum Gasteiger partial charge on any atom is 0.00988 e. The molecule has 2 heteroatoms. The Morgan fingerprint density at radius 1 is 1.24 bits per heavy atom. The normalized spacial score (nSPS) is 35.8. The van der Waals surface area contributed by atoms with Crippen LogP contribution in [0.15, 0.2) is 0 Å². The van der Waals surface area contributed by atoms with E-state index in [1.165, 1.54) is 64.6 Å². The Labute approximate surface area is 106 Å². The van der Waals surface area contributed by atoms with Gasteiger partial charge in [0.05, 0.1) is 0 Å². The third-order valence-electron chi connectivity index (χ3n) is 5.48. The van der Waals surface area contributed by atoms with Crippen LogP contribution in [0.4, 0.5) is 0 Å². The van der Waals surface area contributed by atoms with E-state index in [2.05, 4.69) is 17.1 Å². The van der Waals surface area contributed by atoms with Crippen molar-refractivity contribution in [1.29, 1.82) is 0 Å². The molecule has 2 bridgehead atoms. The van der Waals surface area contributed by atoms with Gasteiger partial charge in [0.2, 0.25) is 0 Å². The average Bonchev–Trinajstić information content (AvgIpc) is 3.03. The molecule has 98 valence electrons. The lowest BCUT2D eigenvalue weighted by Gasteiger charge is -2.37. The molecule has 1 aliphatic heterocycles. The van der Waals surface area contributed by atoms with Crippen molar-refractivity contribution in [3.05, 3.63) is 0 Å². The van der Waals surface area contributed by atoms with Crippen molar-refractivity contribution < 1.29 is 0 Å². The monoisotopic (exact) mass is 236 g/mol. The van der Waals surface area contributed by atoms with E-state index in [0.29, 0.717) is 5.41 Å². The zero-order valence-corrected chi connectivity index (χ0v) is 11.4. The first kappa shape index (κ1) is 12.0. The first-order valence-corrected chi connectivity index (χ1v) is 7.76. The quantitative estimate of drug-likeness (QED) is 0.789. The van der Waals surface area contributed by atoms with Crippen molar-refractivity contribution in [3.63, 3.8) is 0 Å². The molecular weight excluding hydrogens is 208 g/mol. The first-order chi connectivity index (χ1) is 8.31. The summed E-state index contributed by atoms with van der Waals surface area (Å²) in [6, 6.07) is 0.958. The van der Waals surface area contributed by atoms with Gasteiger partial charge in [0, 0.05) is 25.7 Å². The molecule has 3 rings (SSSR count). The highest BCUT2D eigenvalue weighted by Crippen LogP contribution is 2.43. The Kier molecular flexibility index (Phi) is 3.45. The number of hydrogen-bond donors (Lipinski definition) is 1. The maximum atomic E-state index is 3.62. The second kappa shape index (κ2) is 4.89. The van der Waals surface area contributed by atoms with Gasteiger partial charge in [-0.25, -0.2) is 0 Å². The number of nitrogens with zero attached hydrogens (tertiary/aromatic N) is 1. The van der Waals surface area contributed by atoms with Crippen LogP contribution in [0.1, 0.15) is 51.9 Å². The number of hydrogen-bond acceptors (Lipinski definition) is 2. The molecule has 2 aliphatic carbocycles. The van der Waals surface area contributed by atoms with Crippen molar-refractivity contribution in [3.8, 4) is 0 Å². The Morgan fingerprint density at radius 3 is 2.65 bits per heavy atom. The van der Waals surface area contributed by atoms with E-state index in [4.69, 9.17) is 0 Å². The largest absolute Gasteiger partial charge is 0.316 e. The Balaban J connectivity index is 1.60. The van der Waals surface area contributed by atoms with Crippen LogP contribution in [-0.4, -0.2) is 37.1 Å². The van der Waals surface area contributed by atoms with Gasteiger partial charge in [-0.3, -0.25) is 4.90 Å². The highest BCUT2D eigenvalue weighted by molar-refractivity contribution is 4.97. The van der Waals surface area contributed by atoms with Crippen molar-refractivity contribution in [2.75, 3.05) is 26.2 Å². The van der Waals surface area contributed by atoms with E-state index in [-0.39, 0.29) is 0 Å². The van der Waals surface area contributed by atoms with E-state index < -0.39 is 0 Å². The van der Waals surface area contributed by atoms with Crippen LogP contribution < -0.4 is 5.32 Å². The van der Waals surface area contributed by atoms with Gasteiger partial charge in [0.25, 0.3) is 0 Å². The third kappa shape index (κ3) is 2.39.